The van der Waals surface area contributed by atoms with E-state index in [-0.39, 0.29) is 0 Å². The molecule has 18 heavy (non-hydrogen) atoms. The number of nitrogens with one attached hydrogen (secondary N) is 1. The van der Waals surface area contributed by atoms with Gasteiger partial charge in [-0.15, -0.1) is 0 Å². The van der Waals surface area contributed by atoms with E-state index in [1.54, 1.807) is 0 Å². The molecule has 0 unspecified atom stereocenters. The maximum absolute atomic E-state index is 9.38. The number of hydrogen-bond donors (Lipinski definition) is 1. The van der Waals surface area contributed by atoms with Crippen LogP contribution in [0, 0.1) is 18.3 Å². The highest BCUT2D eigenvalue weighted by molar-refractivity contribution is 5.70. The van der Waals surface area contributed by atoms with Crippen molar-refractivity contribution in [2.24, 2.45) is 0 Å². The summed E-state index contributed by atoms with van der Waals surface area (Å²) in [6, 6.07) is 10.3. The van der Waals surface area contributed by atoms with E-state index < -0.39 is 0 Å². The Labute approximate surface area is 106 Å². The lowest BCUT2D eigenvalue weighted by atomic mass is 10.0. The number of fused-ring (bicyclic) bond motifs is 1. The summed E-state index contributed by atoms with van der Waals surface area (Å²) in [5.41, 5.74) is 3.63. The van der Waals surface area contributed by atoms with Gasteiger partial charge in [0.15, 0.2) is 0 Å². The number of rotatable bonds is 1. The molecule has 0 bridgehead atoms. The first kappa shape index (κ1) is 10.8. The molecular weight excluding hydrogens is 224 g/mol. The fourth-order valence-corrected chi connectivity index (χ4v) is 2.38. The number of benzene rings is 1. The molecule has 1 N–H and O–H groups in total. The van der Waals surface area contributed by atoms with Gasteiger partial charge in [0.2, 0.25) is 5.95 Å². The first-order valence-electron chi connectivity index (χ1n) is 6.12. The molecule has 0 saturated carbocycles. The van der Waals surface area contributed by atoms with Crippen molar-refractivity contribution >= 4 is 5.95 Å². The molecule has 90 valence electrons. The smallest absolute Gasteiger partial charge is 0.204 e. The van der Waals surface area contributed by atoms with Crippen molar-refractivity contribution < 1.29 is 0 Å². The van der Waals surface area contributed by atoms with Crippen molar-refractivity contribution in [2.45, 2.75) is 19.9 Å². The number of imidazole rings is 1. The molecule has 1 aromatic carbocycles. The number of nitriles is 1. The molecule has 2 heterocycles. The number of hydrogen-bond acceptors (Lipinski definition) is 3. The van der Waals surface area contributed by atoms with Gasteiger partial charge in [0.05, 0.1) is 0 Å². The Morgan fingerprint density at radius 2 is 2.22 bits per heavy atom. The van der Waals surface area contributed by atoms with Crippen LogP contribution in [0.4, 0.5) is 5.95 Å². The first-order chi connectivity index (χ1) is 8.81. The third-order valence-electron chi connectivity index (χ3n) is 3.32. The van der Waals surface area contributed by atoms with Gasteiger partial charge in [0, 0.05) is 18.7 Å². The van der Waals surface area contributed by atoms with Crippen molar-refractivity contribution in [3.8, 4) is 17.3 Å². The molecule has 3 rings (SSSR count). The number of aromatic nitrogens is 2. The molecule has 4 nitrogen and oxygen atoms in total. The van der Waals surface area contributed by atoms with Gasteiger partial charge in [-0.25, -0.2) is 4.98 Å². The van der Waals surface area contributed by atoms with E-state index in [1.807, 2.05) is 35.8 Å². The predicted molar refractivity (Wildman–Crippen MR) is 70.2 cm³/mol. The maximum Gasteiger partial charge on any atom is 0.204 e. The van der Waals surface area contributed by atoms with Crippen molar-refractivity contribution in [3.05, 3.63) is 35.5 Å². The van der Waals surface area contributed by atoms with Crippen LogP contribution in [0.25, 0.3) is 11.3 Å². The van der Waals surface area contributed by atoms with Crippen LogP contribution in [0.3, 0.4) is 0 Å². The monoisotopic (exact) mass is 238 g/mol. The molecule has 0 aliphatic carbocycles. The van der Waals surface area contributed by atoms with E-state index in [4.69, 9.17) is 0 Å². The second kappa shape index (κ2) is 4.19. The average Bonchev–Trinajstić information content (AvgIpc) is 2.77. The number of anilines is 1. The zero-order chi connectivity index (χ0) is 12.5. The molecule has 0 saturated heterocycles. The Kier molecular flexibility index (Phi) is 2.52. The Bertz CT molecular complexity index is 634. The molecular formula is C14H14N4. The summed E-state index contributed by atoms with van der Waals surface area (Å²) >= 11 is 0. The van der Waals surface area contributed by atoms with Crippen LogP contribution in [0.2, 0.25) is 0 Å². The van der Waals surface area contributed by atoms with Gasteiger partial charge in [-0.3, -0.25) is 0 Å². The van der Waals surface area contributed by atoms with E-state index in [0.29, 0.717) is 5.69 Å². The van der Waals surface area contributed by atoms with Crippen molar-refractivity contribution in [1.82, 2.24) is 9.55 Å². The highest BCUT2D eigenvalue weighted by atomic mass is 15.2. The minimum absolute atomic E-state index is 0.659. The summed E-state index contributed by atoms with van der Waals surface area (Å²) in [4.78, 5) is 4.58. The fraction of sp³-hybridized carbons (Fsp3) is 0.286. The SMILES string of the molecule is Cc1ccccc1-c1nc2n(c1C#N)CCCN2. The van der Waals surface area contributed by atoms with Gasteiger partial charge in [0.25, 0.3) is 0 Å². The number of aryl methyl sites for hydroxylation is 1. The van der Waals surface area contributed by atoms with Gasteiger partial charge in [-0.05, 0) is 18.9 Å². The van der Waals surface area contributed by atoms with Crippen LogP contribution in [0.1, 0.15) is 17.7 Å². The van der Waals surface area contributed by atoms with Crippen LogP contribution >= 0.6 is 0 Å². The maximum atomic E-state index is 9.38. The zero-order valence-corrected chi connectivity index (χ0v) is 10.3. The standard InChI is InChI=1S/C14H14N4/c1-10-5-2-3-6-11(10)13-12(9-15)18-8-4-7-16-14(18)17-13/h2-3,5-6H,4,7-8H2,1H3,(H,16,17). The molecule has 1 aromatic heterocycles. The topological polar surface area (TPSA) is 53.6 Å². The summed E-state index contributed by atoms with van der Waals surface area (Å²) < 4.78 is 1.98. The van der Waals surface area contributed by atoms with E-state index >= 15 is 0 Å². The Morgan fingerprint density at radius 3 is 3.00 bits per heavy atom. The Hall–Kier alpha value is -2.28. The molecule has 0 radical (unpaired) electrons. The quantitative estimate of drug-likeness (QED) is 0.830. The number of nitrogens with zero attached hydrogens (tertiary/aromatic N) is 3. The van der Waals surface area contributed by atoms with Crippen molar-refractivity contribution in [3.63, 3.8) is 0 Å². The third-order valence-corrected chi connectivity index (χ3v) is 3.32. The lowest BCUT2D eigenvalue weighted by molar-refractivity contribution is 0.622. The first-order valence-corrected chi connectivity index (χ1v) is 6.12. The Morgan fingerprint density at radius 1 is 1.39 bits per heavy atom. The minimum Gasteiger partial charge on any atom is -0.356 e. The molecule has 0 atom stereocenters. The van der Waals surface area contributed by atoms with E-state index in [0.717, 1.165) is 42.3 Å². The van der Waals surface area contributed by atoms with Gasteiger partial charge < -0.3 is 9.88 Å². The Balaban J connectivity index is 2.22. The largest absolute Gasteiger partial charge is 0.356 e. The highest BCUT2D eigenvalue weighted by Crippen LogP contribution is 2.29. The van der Waals surface area contributed by atoms with Crippen LogP contribution < -0.4 is 5.32 Å². The average molecular weight is 238 g/mol. The lowest BCUT2D eigenvalue weighted by Gasteiger charge is -2.15. The summed E-state index contributed by atoms with van der Waals surface area (Å²) in [6.45, 7) is 3.83. The van der Waals surface area contributed by atoms with Gasteiger partial charge in [-0.1, -0.05) is 24.3 Å². The van der Waals surface area contributed by atoms with E-state index in [1.165, 1.54) is 0 Å². The molecule has 2 aromatic rings. The van der Waals surface area contributed by atoms with E-state index in [2.05, 4.69) is 16.4 Å². The predicted octanol–water partition coefficient (Wildman–Crippen LogP) is 2.55. The van der Waals surface area contributed by atoms with Gasteiger partial charge in [0.1, 0.15) is 17.5 Å². The van der Waals surface area contributed by atoms with Crippen molar-refractivity contribution in [2.75, 3.05) is 11.9 Å². The van der Waals surface area contributed by atoms with Crippen LogP contribution in [0.5, 0.6) is 0 Å². The highest BCUT2D eigenvalue weighted by Gasteiger charge is 2.20. The minimum atomic E-state index is 0.659. The summed E-state index contributed by atoms with van der Waals surface area (Å²) in [5.74, 6) is 0.816. The second-order valence-corrected chi connectivity index (χ2v) is 4.49. The lowest BCUT2D eigenvalue weighted by Crippen LogP contribution is -2.18. The molecule has 4 heteroatoms. The summed E-state index contributed by atoms with van der Waals surface area (Å²) in [7, 11) is 0. The fourth-order valence-electron chi connectivity index (χ4n) is 2.38. The molecule has 0 spiro atoms. The summed E-state index contributed by atoms with van der Waals surface area (Å²) in [5, 5.41) is 12.6. The van der Waals surface area contributed by atoms with Crippen LogP contribution in [-0.4, -0.2) is 16.1 Å². The van der Waals surface area contributed by atoms with Crippen LogP contribution in [-0.2, 0) is 6.54 Å². The van der Waals surface area contributed by atoms with E-state index in [9.17, 15) is 5.26 Å². The molecule has 1 aliphatic heterocycles. The van der Waals surface area contributed by atoms with Crippen LogP contribution in [0.15, 0.2) is 24.3 Å². The normalized spacial score (nSPS) is 13.6. The summed E-state index contributed by atoms with van der Waals surface area (Å²) in [6.07, 6.45) is 1.03. The van der Waals surface area contributed by atoms with Gasteiger partial charge >= 0.3 is 0 Å². The second-order valence-electron chi connectivity index (χ2n) is 4.49. The zero-order valence-electron chi connectivity index (χ0n) is 10.3. The molecule has 0 fully saturated rings. The van der Waals surface area contributed by atoms with Gasteiger partial charge in [-0.2, -0.15) is 5.26 Å². The molecule has 0 amide bonds. The van der Waals surface area contributed by atoms with Crippen molar-refractivity contribution in [1.29, 1.82) is 5.26 Å². The molecule has 1 aliphatic rings. The third kappa shape index (κ3) is 1.56.